The summed E-state index contributed by atoms with van der Waals surface area (Å²) in [6.45, 7) is 3.83. The number of carbonyl (C=O) groups excluding carboxylic acids is 1. The number of methoxy groups -OCH3 is 1. The number of benzene rings is 2. The first kappa shape index (κ1) is 21.9. The monoisotopic (exact) mass is 485 g/mol. The highest BCUT2D eigenvalue weighted by molar-refractivity contribution is 9.10. The Morgan fingerprint density at radius 1 is 1.30 bits per heavy atom. The lowest BCUT2D eigenvalue weighted by atomic mass is 10.1. The summed E-state index contributed by atoms with van der Waals surface area (Å²) in [5.41, 5.74) is 1.56. The van der Waals surface area contributed by atoms with Crippen LogP contribution in [0.2, 0.25) is 0 Å². The molecule has 30 heavy (non-hydrogen) atoms. The number of thioether (sulfide) groups is 1. The van der Waals surface area contributed by atoms with Crippen LogP contribution < -0.4 is 9.47 Å². The number of halogens is 1. The van der Waals surface area contributed by atoms with Gasteiger partial charge in [-0.15, -0.1) is 0 Å². The second-order valence-electron chi connectivity index (χ2n) is 6.59. The highest BCUT2D eigenvalue weighted by Crippen LogP contribution is 2.40. The Hall–Kier alpha value is -2.76. The fraction of sp³-hybridized carbons (Fsp3) is 0.227. The number of hydrogen-bond acceptors (Lipinski definition) is 6. The summed E-state index contributed by atoms with van der Waals surface area (Å²) in [5, 5.41) is 9.40. The van der Waals surface area contributed by atoms with Gasteiger partial charge in [0.1, 0.15) is 6.07 Å². The van der Waals surface area contributed by atoms with Gasteiger partial charge in [0.15, 0.2) is 23.3 Å². The first-order valence-corrected chi connectivity index (χ1v) is 10.8. The fourth-order valence-electron chi connectivity index (χ4n) is 2.85. The fourth-order valence-corrected chi connectivity index (χ4v) is 4.55. The van der Waals surface area contributed by atoms with E-state index in [-0.39, 0.29) is 18.6 Å². The van der Waals surface area contributed by atoms with Crippen LogP contribution in [0.5, 0.6) is 11.5 Å². The van der Waals surface area contributed by atoms with Gasteiger partial charge in [-0.25, -0.2) is 4.99 Å². The summed E-state index contributed by atoms with van der Waals surface area (Å²) in [5.74, 6) is 0.826. The SMILES string of the molecule is COc1cc(/C=C2/SC(=Nc3ccccc3)N(C(C)C)C2=O)cc(Br)c1OCC#N. The molecule has 0 unspecified atom stereocenters. The van der Waals surface area contributed by atoms with Crippen molar-refractivity contribution in [1.82, 2.24) is 4.90 Å². The van der Waals surface area contributed by atoms with Gasteiger partial charge in [-0.05, 0) is 77.4 Å². The van der Waals surface area contributed by atoms with E-state index < -0.39 is 0 Å². The molecule has 0 aromatic heterocycles. The largest absolute Gasteiger partial charge is 0.493 e. The molecule has 2 aromatic rings. The zero-order valence-electron chi connectivity index (χ0n) is 16.8. The molecule has 0 N–H and O–H groups in total. The quantitative estimate of drug-likeness (QED) is 0.513. The molecule has 1 aliphatic rings. The molecule has 2 aromatic carbocycles. The minimum atomic E-state index is -0.0930. The Balaban J connectivity index is 1.97. The van der Waals surface area contributed by atoms with Crippen LogP contribution >= 0.6 is 27.7 Å². The zero-order valence-corrected chi connectivity index (χ0v) is 19.2. The van der Waals surface area contributed by atoms with E-state index in [0.717, 1.165) is 11.3 Å². The summed E-state index contributed by atoms with van der Waals surface area (Å²) in [7, 11) is 1.53. The molecule has 8 heteroatoms. The topological polar surface area (TPSA) is 74.9 Å². The summed E-state index contributed by atoms with van der Waals surface area (Å²) in [4.78, 5) is 20.0. The van der Waals surface area contributed by atoms with Crippen LogP contribution in [0.25, 0.3) is 6.08 Å². The molecule has 6 nitrogen and oxygen atoms in total. The van der Waals surface area contributed by atoms with Gasteiger partial charge in [-0.3, -0.25) is 9.69 Å². The second-order valence-corrected chi connectivity index (χ2v) is 8.45. The maximum atomic E-state index is 13.1. The second kappa shape index (κ2) is 9.83. The number of carbonyl (C=O) groups is 1. The molecule has 1 fully saturated rings. The Morgan fingerprint density at radius 3 is 2.67 bits per heavy atom. The van der Waals surface area contributed by atoms with Gasteiger partial charge < -0.3 is 9.47 Å². The first-order valence-electron chi connectivity index (χ1n) is 9.18. The van der Waals surface area contributed by atoms with E-state index in [1.807, 2.05) is 56.3 Å². The van der Waals surface area contributed by atoms with Crippen molar-refractivity contribution in [2.45, 2.75) is 19.9 Å². The molecule has 0 aliphatic carbocycles. The van der Waals surface area contributed by atoms with E-state index in [9.17, 15) is 4.79 Å². The van der Waals surface area contributed by atoms with Crippen molar-refractivity contribution < 1.29 is 14.3 Å². The molecule has 0 saturated carbocycles. The number of aliphatic imine (C=N–C) groups is 1. The Labute approximate surface area is 188 Å². The van der Waals surface area contributed by atoms with E-state index in [1.165, 1.54) is 18.9 Å². The number of hydrogen-bond donors (Lipinski definition) is 0. The van der Waals surface area contributed by atoms with Crippen LogP contribution in [-0.2, 0) is 4.79 Å². The van der Waals surface area contributed by atoms with Crippen molar-refractivity contribution in [3.8, 4) is 17.6 Å². The highest BCUT2D eigenvalue weighted by Gasteiger charge is 2.35. The predicted molar refractivity (Wildman–Crippen MR) is 123 cm³/mol. The van der Waals surface area contributed by atoms with Crippen LogP contribution in [0, 0.1) is 11.3 Å². The van der Waals surface area contributed by atoms with Crippen LogP contribution in [-0.4, -0.2) is 35.7 Å². The molecule has 0 bridgehead atoms. The van der Waals surface area contributed by atoms with E-state index in [1.54, 1.807) is 17.0 Å². The maximum Gasteiger partial charge on any atom is 0.266 e. The molecule has 1 saturated heterocycles. The zero-order chi connectivity index (χ0) is 21.7. The van der Waals surface area contributed by atoms with Gasteiger partial charge >= 0.3 is 0 Å². The first-order chi connectivity index (χ1) is 14.4. The van der Waals surface area contributed by atoms with E-state index in [4.69, 9.17) is 14.7 Å². The molecule has 0 spiro atoms. The van der Waals surface area contributed by atoms with E-state index >= 15 is 0 Å². The van der Waals surface area contributed by atoms with Gasteiger partial charge in [-0.1, -0.05) is 18.2 Å². The third kappa shape index (κ3) is 4.86. The van der Waals surface area contributed by atoms with Gasteiger partial charge in [0.2, 0.25) is 0 Å². The number of nitrogens with zero attached hydrogens (tertiary/aromatic N) is 3. The van der Waals surface area contributed by atoms with Crippen molar-refractivity contribution in [2.24, 2.45) is 4.99 Å². The summed E-state index contributed by atoms with van der Waals surface area (Å²) >= 11 is 4.79. The van der Waals surface area contributed by atoms with E-state index in [0.29, 0.717) is 26.0 Å². The third-order valence-corrected chi connectivity index (χ3v) is 5.74. The predicted octanol–water partition coefficient (Wildman–Crippen LogP) is 5.37. The summed E-state index contributed by atoms with van der Waals surface area (Å²) in [6.07, 6.45) is 1.80. The van der Waals surface area contributed by atoms with Crippen LogP contribution in [0.4, 0.5) is 5.69 Å². The van der Waals surface area contributed by atoms with Crippen molar-refractivity contribution in [1.29, 1.82) is 5.26 Å². The lowest BCUT2D eigenvalue weighted by Crippen LogP contribution is -2.35. The van der Waals surface area contributed by atoms with Gasteiger partial charge in [-0.2, -0.15) is 5.26 Å². The molecule has 1 aliphatic heterocycles. The number of rotatable bonds is 6. The van der Waals surface area contributed by atoms with Crippen LogP contribution in [0.15, 0.2) is 56.8 Å². The lowest BCUT2D eigenvalue weighted by Gasteiger charge is -2.19. The number of amides is 1. The van der Waals surface area contributed by atoms with Crippen molar-refractivity contribution >= 4 is 50.5 Å². The van der Waals surface area contributed by atoms with Gasteiger partial charge in [0, 0.05) is 6.04 Å². The number of nitriles is 1. The van der Waals surface area contributed by atoms with Crippen molar-refractivity contribution in [3.63, 3.8) is 0 Å². The lowest BCUT2D eigenvalue weighted by molar-refractivity contribution is -0.123. The Kier molecular flexibility index (Phi) is 7.19. The summed E-state index contributed by atoms with van der Waals surface area (Å²) in [6, 6.07) is 15.1. The smallest absolute Gasteiger partial charge is 0.266 e. The van der Waals surface area contributed by atoms with E-state index in [2.05, 4.69) is 20.9 Å². The van der Waals surface area contributed by atoms with Crippen molar-refractivity contribution in [3.05, 3.63) is 57.4 Å². The molecule has 3 rings (SSSR count). The molecule has 1 heterocycles. The van der Waals surface area contributed by atoms with Gasteiger partial charge in [0.05, 0.1) is 22.2 Å². The molecular formula is C22H20BrN3O3S. The number of ether oxygens (including phenoxy) is 2. The average molecular weight is 486 g/mol. The third-order valence-electron chi connectivity index (χ3n) is 4.16. The summed E-state index contributed by atoms with van der Waals surface area (Å²) < 4.78 is 11.5. The maximum absolute atomic E-state index is 13.1. The minimum Gasteiger partial charge on any atom is -0.493 e. The van der Waals surface area contributed by atoms with Crippen LogP contribution in [0.1, 0.15) is 19.4 Å². The Morgan fingerprint density at radius 2 is 2.03 bits per heavy atom. The standard InChI is InChI=1S/C22H20BrN3O3S/c1-14(2)26-21(27)19(30-22(26)25-16-7-5-4-6-8-16)13-15-11-17(23)20(29-10-9-24)18(12-15)28-3/h4-8,11-14H,10H2,1-3H3/b19-13+,25-22?. The molecular weight excluding hydrogens is 466 g/mol. The number of para-hydroxylation sites is 1. The number of amidine groups is 1. The Bertz CT molecular complexity index is 1050. The van der Waals surface area contributed by atoms with Gasteiger partial charge in [0.25, 0.3) is 5.91 Å². The molecule has 1 amide bonds. The average Bonchev–Trinajstić information content (AvgIpc) is 3.02. The molecule has 0 radical (unpaired) electrons. The normalized spacial score (nSPS) is 16.4. The highest BCUT2D eigenvalue weighted by atomic mass is 79.9. The molecule has 154 valence electrons. The molecule has 0 atom stereocenters. The van der Waals surface area contributed by atoms with Crippen molar-refractivity contribution in [2.75, 3.05) is 13.7 Å². The minimum absolute atomic E-state index is 0.0265. The van der Waals surface area contributed by atoms with Crippen LogP contribution in [0.3, 0.4) is 0 Å².